The first-order valence-electron chi connectivity index (χ1n) is 7.01. The van der Waals surface area contributed by atoms with E-state index in [1.165, 1.54) is 18.2 Å². The maximum absolute atomic E-state index is 13.6. The van der Waals surface area contributed by atoms with E-state index in [9.17, 15) is 12.8 Å². The van der Waals surface area contributed by atoms with Crippen LogP contribution in [0.3, 0.4) is 0 Å². The Kier molecular flexibility index (Phi) is 5.69. The minimum atomic E-state index is -3.82. The van der Waals surface area contributed by atoms with E-state index in [0.29, 0.717) is 13.2 Å². The van der Waals surface area contributed by atoms with E-state index in [1.54, 1.807) is 7.11 Å². The molecule has 7 heteroatoms. The Morgan fingerprint density at radius 2 is 2.19 bits per heavy atom. The minimum absolute atomic E-state index is 0.194. The molecule has 0 saturated carbocycles. The highest BCUT2D eigenvalue weighted by molar-refractivity contribution is 7.89. The van der Waals surface area contributed by atoms with Crippen LogP contribution >= 0.6 is 0 Å². The molecular formula is C14H21FN2O3S. The largest absolute Gasteiger partial charge is 0.383 e. The van der Waals surface area contributed by atoms with Crippen LogP contribution in [0.1, 0.15) is 12.8 Å². The van der Waals surface area contributed by atoms with E-state index < -0.39 is 15.8 Å². The Balaban J connectivity index is 2.01. The van der Waals surface area contributed by atoms with Gasteiger partial charge in [0.1, 0.15) is 10.7 Å². The van der Waals surface area contributed by atoms with E-state index in [4.69, 9.17) is 4.74 Å². The van der Waals surface area contributed by atoms with E-state index in [2.05, 4.69) is 9.62 Å². The summed E-state index contributed by atoms with van der Waals surface area (Å²) >= 11 is 0. The van der Waals surface area contributed by atoms with Gasteiger partial charge in [-0.25, -0.2) is 17.5 Å². The third-order valence-electron chi connectivity index (χ3n) is 3.57. The van der Waals surface area contributed by atoms with Crippen molar-refractivity contribution in [1.82, 2.24) is 9.62 Å². The monoisotopic (exact) mass is 316 g/mol. The second-order valence-electron chi connectivity index (χ2n) is 5.18. The van der Waals surface area contributed by atoms with Gasteiger partial charge in [-0.05, 0) is 31.5 Å². The van der Waals surface area contributed by atoms with Crippen molar-refractivity contribution in [3.05, 3.63) is 30.1 Å². The number of nitrogens with zero attached hydrogens (tertiary/aromatic N) is 1. The third kappa shape index (κ3) is 4.47. The second kappa shape index (κ2) is 7.31. The molecule has 0 aliphatic carbocycles. The molecule has 21 heavy (non-hydrogen) atoms. The van der Waals surface area contributed by atoms with Gasteiger partial charge in [0.05, 0.1) is 6.61 Å². The molecule has 1 fully saturated rings. The predicted molar refractivity (Wildman–Crippen MR) is 78.1 cm³/mol. The second-order valence-corrected chi connectivity index (χ2v) is 6.87. The van der Waals surface area contributed by atoms with Crippen molar-refractivity contribution in [2.24, 2.45) is 0 Å². The number of sulfonamides is 1. The number of methoxy groups -OCH3 is 1. The first-order valence-corrected chi connectivity index (χ1v) is 8.49. The molecule has 1 saturated heterocycles. The number of halogens is 1. The molecule has 0 radical (unpaired) electrons. The molecule has 0 bridgehead atoms. The van der Waals surface area contributed by atoms with Crippen molar-refractivity contribution >= 4 is 10.0 Å². The molecule has 1 heterocycles. The summed E-state index contributed by atoms with van der Waals surface area (Å²) in [7, 11) is -2.18. The molecule has 1 atom stereocenters. The average molecular weight is 316 g/mol. The number of hydrogen-bond donors (Lipinski definition) is 1. The summed E-state index contributed by atoms with van der Waals surface area (Å²) in [6.45, 7) is 2.94. The first-order chi connectivity index (χ1) is 10.0. The van der Waals surface area contributed by atoms with Crippen molar-refractivity contribution in [2.75, 3.05) is 33.4 Å². The number of benzene rings is 1. The van der Waals surface area contributed by atoms with Crippen molar-refractivity contribution in [3.8, 4) is 0 Å². The predicted octanol–water partition coefficient (Wildman–Crippen LogP) is 1.21. The summed E-state index contributed by atoms with van der Waals surface area (Å²) < 4.78 is 45.8. The summed E-state index contributed by atoms with van der Waals surface area (Å²) in [6.07, 6.45) is 1.67. The van der Waals surface area contributed by atoms with Crippen molar-refractivity contribution in [1.29, 1.82) is 0 Å². The fourth-order valence-corrected chi connectivity index (χ4v) is 3.86. The van der Waals surface area contributed by atoms with E-state index in [-0.39, 0.29) is 10.9 Å². The highest BCUT2D eigenvalue weighted by Crippen LogP contribution is 2.16. The standard InChI is InChI=1S/C14H21FN2O3S/c1-20-10-9-17-8-4-5-12(11-17)16-21(18,19)14-7-3-2-6-13(14)15/h2-3,6-7,12,16H,4-5,8-11H2,1H3/t12-/m1/s1. The Bertz CT molecular complexity index is 565. The zero-order valence-electron chi connectivity index (χ0n) is 12.1. The molecule has 1 aromatic carbocycles. The van der Waals surface area contributed by atoms with Crippen molar-refractivity contribution in [2.45, 2.75) is 23.8 Å². The molecule has 1 aliphatic rings. The smallest absolute Gasteiger partial charge is 0.243 e. The van der Waals surface area contributed by atoms with Crippen LogP contribution in [-0.4, -0.2) is 52.7 Å². The normalized spacial score (nSPS) is 20.6. The van der Waals surface area contributed by atoms with Crippen molar-refractivity contribution < 1.29 is 17.5 Å². The van der Waals surface area contributed by atoms with Gasteiger partial charge in [0.15, 0.2) is 0 Å². The quantitative estimate of drug-likeness (QED) is 0.857. The zero-order chi connectivity index (χ0) is 15.3. The molecule has 1 N–H and O–H groups in total. The molecule has 5 nitrogen and oxygen atoms in total. The summed E-state index contributed by atoms with van der Waals surface area (Å²) in [6, 6.07) is 5.23. The lowest BCUT2D eigenvalue weighted by atomic mass is 10.1. The Hall–Kier alpha value is -1.02. The maximum atomic E-state index is 13.6. The molecule has 1 aromatic rings. The maximum Gasteiger partial charge on any atom is 0.243 e. The van der Waals surface area contributed by atoms with Gasteiger partial charge >= 0.3 is 0 Å². The van der Waals surface area contributed by atoms with Gasteiger partial charge in [0.25, 0.3) is 0 Å². The lowest BCUT2D eigenvalue weighted by molar-refractivity contribution is 0.126. The molecule has 1 aliphatic heterocycles. The van der Waals surface area contributed by atoms with Crippen LogP contribution in [0.25, 0.3) is 0 Å². The summed E-state index contributed by atoms with van der Waals surface area (Å²) in [5.41, 5.74) is 0. The third-order valence-corrected chi connectivity index (χ3v) is 5.12. The highest BCUT2D eigenvalue weighted by atomic mass is 32.2. The van der Waals surface area contributed by atoms with Gasteiger partial charge < -0.3 is 4.74 Å². The number of likely N-dealkylation sites (tertiary alicyclic amines) is 1. The zero-order valence-corrected chi connectivity index (χ0v) is 12.9. The SMILES string of the molecule is COCCN1CCC[C@@H](NS(=O)(=O)c2ccccc2F)C1. The van der Waals surface area contributed by atoms with Crippen LogP contribution in [0.5, 0.6) is 0 Å². The first kappa shape index (κ1) is 16.4. The van der Waals surface area contributed by atoms with Gasteiger partial charge in [-0.15, -0.1) is 0 Å². The summed E-state index contributed by atoms with van der Waals surface area (Å²) in [5.74, 6) is -0.725. The van der Waals surface area contributed by atoms with Crippen LogP contribution in [0.4, 0.5) is 4.39 Å². The fraction of sp³-hybridized carbons (Fsp3) is 0.571. The van der Waals surface area contributed by atoms with E-state index >= 15 is 0 Å². The number of ether oxygens (including phenoxy) is 1. The highest BCUT2D eigenvalue weighted by Gasteiger charge is 2.26. The van der Waals surface area contributed by atoms with Gasteiger partial charge in [-0.3, -0.25) is 4.90 Å². The molecule has 0 aromatic heterocycles. The van der Waals surface area contributed by atoms with Crippen molar-refractivity contribution in [3.63, 3.8) is 0 Å². The molecule has 118 valence electrons. The molecule has 0 unspecified atom stereocenters. The van der Waals surface area contributed by atoms with Gasteiger partial charge in [0.2, 0.25) is 10.0 Å². The Morgan fingerprint density at radius 3 is 2.90 bits per heavy atom. The molecule has 0 amide bonds. The number of rotatable bonds is 6. The lowest BCUT2D eigenvalue weighted by Gasteiger charge is -2.32. The van der Waals surface area contributed by atoms with Crippen LogP contribution < -0.4 is 4.72 Å². The Labute approximate surface area is 125 Å². The number of hydrogen-bond acceptors (Lipinski definition) is 4. The van der Waals surface area contributed by atoms with Crippen LogP contribution in [0, 0.1) is 5.82 Å². The molecule has 2 rings (SSSR count). The molecular weight excluding hydrogens is 295 g/mol. The minimum Gasteiger partial charge on any atom is -0.383 e. The summed E-state index contributed by atoms with van der Waals surface area (Å²) in [5, 5.41) is 0. The average Bonchev–Trinajstić information content (AvgIpc) is 2.45. The van der Waals surface area contributed by atoms with Crippen LogP contribution in [0.2, 0.25) is 0 Å². The summed E-state index contributed by atoms with van der Waals surface area (Å²) in [4.78, 5) is 1.86. The van der Waals surface area contributed by atoms with E-state index in [1.807, 2.05) is 0 Å². The van der Waals surface area contributed by atoms with Gasteiger partial charge in [0, 0.05) is 26.2 Å². The molecule has 0 spiro atoms. The Morgan fingerprint density at radius 1 is 1.43 bits per heavy atom. The van der Waals surface area contributed by atoms with Crippen LogP contribution in [0.15, 0.2) is 29.2 Å². The lowest BCUT2D eigenvalue weighted by Crippen LogP contribution is -2.48. The number of nitrogens with one attached hydrogen (secondary N) is 1. The van der Waals surface area contributed by atoms with E-state index in [0.717, 1.165) is 32.0 Å². The van der Waals surface area contributed by atoms with Crippen LogP contribution in [-0.2, 0) is 14.8 Å². The fourth-order valence-electron chi connectivity index (χ4n) is 2.52. The topological polar surface area (TPSA) is 58.6 Å². The number of piperidine rings is 1. The van der Waals surface area contributed by atoms with Gasteiger partial charge in [-0.2, -0.15) is 0 Å². The van der Waals surface area contributed by atoms with Gasteiger partial charge in [-0.1, -0.05) is 12.1 Å².